The molecule has 0 spiro atoms. The van der Waals surface area contributed by atoms with Crippen LogP contribution in [0.1, 0.15) is 81.2 Å². The number of benzene rings is 2. The first-order valence-corrected chi connectivity index (χ1v) is 18.9. The Morgan fingerprint density at radius 2 is 0.780 bits per heavy atom. The smallest absolute Gasteiger partial charge is 0.252 e. The molecule has 328 valence electrons. The van der Waals surface area contributed by atoms with Gasteiger partial charge in [-0.1, -0.05) is 0 Å². The van der Waals surface area contributed by atoms with Crippen LogP contribution in [0.15, 0.2) is 0 Å². The molecule has 59 heavy (non-hydrogen) atoms. The second-order valence-corrected chi connectivity index (χ2v) is 14.1. The van der Waals surface area contributed by atoms with Crippen molar-refractivity contribution < 1.29 is 69.6 Å². The molecule has 20 heteroatoms. The lowest BCUT2D eigenvalue weighted by atomic mass is 9.89. The summed E-state index contributed by atoms with van der Waals surface area (Å²) in [5.41, 5.74) is 1.44. The largest absolute Gasteiger partial charge is 0.395 e. The van der Waals surface area contributed by atoms with Crippen molar-refractivity contribution in [3.05, 3.63) is 55.6 Å². The number of anilines is 2. The van der Waals surface area contributed by atoms with E-state index in [-0.39, 0.29) is 106 Å². The summed E-state index contributed by atoms with van der Waals surface area (Å²) in [6.07, 6.45) is -5.24. The van der Waals surface area contributed by atoms with E-state index in [9.17, 15) is 69.6 Å². The van der Waals surface area contributed by atoms with Gasteiger partial charge in [-0.15, -0.1) is 0 Å². The highest BCUT2D eigenvalue weighted by atomic mass is 16.3. The number of rotatable bonds is 24. The minimum Gasteiger partial charge on any atom is -0.395 e. The van der Waals surface area contributed by atoms with Gasteiger partial charge in [0.2, 0.25) is 12.8 Å². The zero-order chi connectivity index (χ0) is 44.7. The Morgan fingerprint density at radius 1 is 0.492 bits per heavy atom. The highest BCUT2D eigenvalue weighted by Crippen LogP contribution is 2.36. The van der Waals surface area contributed by atoms with Crippen molar-refractivity contribution in [2.75, 3.05) is 75.5 Å². The van der Waals surface area contributed by atoms with Crippen LogP contribution < -0.4 is 31.1 Å². The Hall–Kier alpha value is -5.06. The summed E-state index contributed by atoms with van der Waals surface area (Å²) in [6.45, 7) is 5.15. The molecule has 0 aliphatic heterocycles. The first kappa shape index (κ1) is 50.1. The average molecular weight is 835 g/mol. The molecule has 0 aliphatic rings. The lowest BCUT2D eigenvalue weighted by molar-refractivity contribution is -0.108. The van der Waals surface area contributed by atoms with Crippen molar-refractivity contribution in [3.63, 3.8) is 0 Å². The van der Waals surface area contributed by atoms with Crippen molar-refractivity contribution >= 4 is 47.8 Å². The van der Waals surface area contributed by atoms with Gasteiger partial charge in [0.05, 0.1) is 75.3 Å². The second-order valence-electron chi connectivity index (χ2n) is 14.1. The number of amides is 6. The Morgan fingerprint density at radius 3 is 1.03 bits per heavy atom. The van der Waals surface area contributed by atoms with Crippen LogP contribution in [-0.4, -0.2) is 167 Å². The number of hydrogen-bond donors (Lipinski definition) is 12. The first-order chi connectivity index (χ1) is 27.9. The molecule has 0 radical (unpaired) electrons. The van der Waals surface area contributed by atoms with E-state index in [2.05, 4.69) is 21.3 Å². The fraction of sp³-hybridized carbons (Fsp3) is 0.538. The number of aliphatic hydroxyl groups excluding tert-OH is 8. The third kappa shape index (κ3) is 12.5. The summed E-state index contributed by atoms with van der Waals surface area (Å²) >= 11 is 0. The Kier molecular flexibility index (Phi) is 20.0. The third-order valence-electron chi connectivity index (χ3n) is 9.73. The van der Waals surface area contributed by atoms with Crippen LogP contribution in [0.3, 0.4) is 0 Å². The van der Waals surface area contributed by atoms with E-state index in [1.54, 1.807) is 0 Å². The minimum absolute atomic E-state index is 0.000723. The molecule has 0 saturated carbocycles. The Labute approximate surface area is 341 Å². The van der Waals surface area contributed by atoms with E-state index in [1.807, 2.05) is 0 Å². The van der Waals surface area contributed by atoms with Gasteiger partial charge in [0.1, 0.15) is 0 Å². The van der Waals surface area contributed by atoms with Crippen LogP contribution in [0.25, 0.3) is 0 Å². The molecule has 4 atom stereocenters. The molecule has 0 saturated heterocycles. The van der Waals surface area contributed by atoms with Gasteiger partial charge < -0.3 is 71.9 Å². The fourth-order valence-electron chi connectivity index (χ4n) is 7.17. The summed E-state index contributed by atoms with van der Waals surface area (Å²) in [5, 5.41) is 89.1. The highest BCUT2D eigenvalue weighted by Gasteiger charge is 2.31. The normalized spacial score (nSPS) is 13.1. The predicted molar refractivity (Wildman–Crippen MR) is 214 cm³/mol. The summed E-state index contributed by atoms with van der Waals surface area (Å²) in [4.78, 5) is 80.8. The molecule has 2 rings (SSSR count). The van der Waals surface area contributed by atoms with Crippen molar-refractivity contribution in [1.82, 2.24) is 21.3 Å². The molecule has 0 aromatic heterocycles. The van der Waals surface area contributed by atoms with Crippen LogP contribution in [0.2, 0.25) is 0 Å². The zero-order valence-corrected chi connectivity index (χ0v) is 34.2. The third-order valence-corrected chi connectivity index (χ3v) is 9.73. The van der Waals surface area contributed by atoms with Gasteiger partial charge in [-0.25, -0.2) is 0 Å². The molecule has 20 nitrogen and oxygen atoms in total. The number of aliphatic hydroxyl groups is 8. The quantitative estimate of drug-likeness (QED) is 0.0466. The number of nitrogens with zero attached hydrogens (tertiary/aromatic N) is 2. The average Bonchev–Trinajstić information content (AvgIpc) is 3.18. The topological polar surface area (TPSA) is 319 Å². The number of carbonyl (C=O) groups is 6. The summed E-state index contributed by atoms with van der Waals surface area (Å²) < 4.78 is 0. The van der Waals surface area contributed by atoms with Crippen molar-refractivity contribution in [2.24, 2.45) is 0 Å². The van der Waals surface area contributed by atoms with E-state index >= 15 is 0 Å². The first-order valence-electron chi connectivity index (χ1n) is 18.9. The van der Waals surface area contributed by atoms with Crippen LogP contribution in [-0.2, 0) is 9.59 Å². The standard InChI is InChI=1S/C39H58N6O14/c1-20-30(36(56)40-7-9-46)22(3)34(24(5)32(20)38(58)42-12-28(54)16-48)44(18-50)14-26(52)11-27(53)15-45(19-51)35-23(4)31(37(57)41-8-10-47)21(2)33(25(35)6)39(59)43-13-29(55)17-49/h18-19,26-29,46-49,52-55H,7-17H2,1-6H3,(H,40,56)(H,41,57)(H,42,58)(H,43,59). The van der Waals surface area contributed by atoms with Crippen LogP contribution in [0.5, 0.6) is 0 Å². The van der Waals surface area contributed by atoms with E-state index in [0.29, 0.717) is 12.8 Å². The van der Waals surface area contributed by atoms with Gasteiger partial charge in [0.15, 0.2) is 0 Å². The van der Waals surface area contributed by atoms with E-state index in [4.69, 9.17) is 0 Å². The summed E-state index contributed by atoms with van der Waals surface area (Å²) in [5.74, 6) is -2.82. The number of hydrogen-bond acceptors (Lipinski definition) is 14. The molecule has 4 unspecified atom stereocenters. The Balaban J connectivity index is 2.56. The van der Waals surface area contributed by atoms with Crippen molar-refractivity contribution in [1.29, 1.82) is 0 Å². The van der Waals surface area contributed by atoms with Crippen LogP contribution >= 0.6 is 0 Å². The molecular formula is C39H58N6O14. The maximum Gasteiger partial charge on any atom is 0.252 e. The van der Waals surface area contributed by atoms with E-state index in [0.717, 1.165) is 9.80 Å². The fourth-order valence-corrected chi connectivity index (χ4v) is 7.17. The minimum atomic E-state index is -1.48. The molecule has 0 aliphatic carbocycles. The molecule has 12 N–H and O–H groups in total. The molecule has 0 heterocycles. The maximum absolute atomic E-state index is 13.4. The summed E-state index contributed by atoms with van der Waals surface area (Å²) in [7, 11) is 0. The predicted octanol–water partition coefficient (Wildman–Crippen LogP) is -3.11. The van der Waals surface area contributed by atoms with Crippen LogP contribution in [0.4, 0.5) is 11.4 Å². The molecule has 2 aromatic rings. The molecule has 0 fully saturated rings. The SMILES string of the molecule is Cc1c(C(=O)NCCO)c(C)c(N(C=O)CC(O)CC(O)CN(C=O)c2c(C)c(C(=O)NCCO)c(C)c(C(=O)NCC(O)CO)c2C)c(C)c1C(=O)NCC(O)CO. The van der Waals surface area contributed by atoms with Gasteiger partial charge in [-0.3, -0.25) is 28.8 Å². The molecular weight excluding hydrogens is 776 g/mol. The molecule has 2 aromatic carbocycles. The number of carbonyl (C=O) groups excluding carboxylic acids is 6. The zero-order valence-electron chi connectivity index (χ0n) is 34.2. The molecule has 0 bridgehead atoms. The van der Waals surface area contributed by atoms with Gasteiger partial charge in [-0.2, -0.15) is 0 Å². The molecule has 6 amide bonds. The van der Waals surface area contributed by atoms with Crippen LogP contribution in [0, 0.1) is 41.5 Å². The van der Waals surface area contributed by atoms with Gasteiger partial charge in [0, 0.05) is 54.9 Å². The highest BCUT2D eigenvalue weighted by molar-refractivity contribution is 6.08. The second kappa shape index (κ2) is 23.5. The van der Waals surface area contributed by atoms with Crippen molar-refractivity contribution in [2.45, 2.75) is 72.4 Å². The van der Waals surface area contributed by atoms with Gasteiger partial charge >= 0.3 is 0 Å². The lowest BCUT2D eigenvalue weighted by Crippen LogP contribution is -2.40. The van der Waals surface area contributed by atoms with Crippen molar-refractivity contribution in [3.8, 4) is 0 Å². The van der Waals surface area contributed by atoms with E-state index in [1.165, 1.54) is 41.5 Å². The van der Waals surface area contributed by atoms with Gasteiger partial charge in [-0.05, 0) is 74.9 Å². The lowest BCUT2D eigenvalue weighted by Gasteiger charge is -2.30. The summed E-state index contributed by atoms with van der Waals surface area (Å²) in [6, 6.07) is 0. The maximum atomic E-state index is 13.4. The van der Waals surface area contributed by atoms with E-state index < -0.39 is 80.8 Å². The Bertz CT molecular complexity index is 1710. The van der Waals surface area contributed by atoms with Gasteiger partial charge in [0.25, 0.3) is 23.6 Å². The number of nitrogens with one attached hydrogen (secondary N) is 4. The monoisotopic (exact) mass is 834 g/mol.